The van der Waals surface area contributed by atoms with Gasteiger partial charge in [0.1, 0.15) is 5.75 Å². The van der Waals surface area contributed by atoms with Crippen molar-refractivity contribution in [3.63, 3.8) is 0 Å². The van der Waals surface area contributed by atoms with E-state index in [-0.39, 0.29) is 0 Å². The third kappa shape index (κ3) is 4.33. The van der Waals surface area contributed by atoms with Gasteiger partial charge in [-0.2, -0.15) is 13.2 Å². The normalized spacial score (nSPS) is 13.2. The maximum atomic E-state index is 12.1. The Labute approximate surface area is 103 Å². The number of benzene rings is 1. The van der Waals surface area contributed by atoms with Crippen molar-refractivity contribution in [2.45, 2.75) is 19.2 Å². The second kappa shape index (κ2) is 5.81. The molecule has 0 aromatic heterocycles. The lowest BCUT2D eigenvalue weighted by atomic mass is 10.2. The number of nitrogen functional groups attached to an aromatic ring is 1. The highest BCUT2D eigenvalue weighted by Crippen LogP contribution is 2.24. The second-order valence-corrected chi connectivity index (χ2v) is 3.66. The maximum absolute atomic E-state index is 12.1. The number of nitrogens with two attached hydrogens (primary N) is 1. The predicted molar refractivity (Wildman–Crippen MR) is 62.6 cm³/mol. The van der Waals surface area contributed by atoms with Crippen molar-refractivity contribution < 1.29 is 23.0 Å². The van der Waals surface area contributed by atoms with Gasteiger partial charge in [-0.1, -0.05) is 0 Å². The molecule has 1 aromatic rings. The van der Waals surface area contributed by atoms with Crippen molar-refractivity contribution in [2.75, 3.05) is 24.2 Å². The van der Waals surface area contributed by atoms with Crippen LogP contribution in [0.25, 0.3) is 0 Å². The van der Waals surface area contributed by atoms with Gasteiger partial charge in [0.25, 0.3) is 0 Å². The molecule has 0 fully saturated rings. The molecule has 1 atom stereocenters. The van der Waals surface area contributed by atoms with Gasteiger partial charge in [-0.25, -0.2) is 0 Å². The van der Waals surface area contributed by atoms with E-state index < -0.39 is 18.8 Å². The molecule has 0 spiro atoms. The highest BCUT2D eigenvalue weighted by atomic mass is 19.4. The molecule has 0 aliphatic heterocycles. The Morgan fingerprint density at radius 1 is 1.39 bits per heavy atom. The summed E-state index contributed by atoms with van der Waals surface area (Å²) in [6, 6.07) is 4.55. The number of ether oxygens (including phenoxy) is 1. The average molecular weight is 264 g/mol. The maximum Gasteiger partial charge on any atom is 0.416 e. The van der Waals surface area contributed by atoms with Crippen LogP contribution in [0.15, 0.2) is 18.2 Å². The van der Waals surface area contributed by atoms with Gasteiger partial charge in [0.05, 0.1) is 6.61 Å². The third-order valence-corrected chi connectivity index (χ3v) is 2.12. The van der Waals surface area contributed by atoms with Crippen molar-refractivity contribution in [2.24, 2.45) is 0 Å². The van der Waals surface area contributed by atoms with Crippen LogP contribution in [0, 0.1) is 0 Å². The molecule has 102 valence electrons. The molecule has 1 aromatic carbocycles. The first-order chi connectivity index (χ1) is 8.32. The van der Waals surface area contributed by atoms with Gasteiger partial charge < -0.3 is 20.9 Å². The zero-order valence-electron chi connectivity index (χ0n) is 9.79. The van der Waals surface area contributed by atoms with Gasteiger partial charge in [-0.3, -0.25) is 0 Å². The standard InChI is InChI=1S/C11H15F3N2O2/c1-2-18-9-4-7(15)3-8(5-9)16-6-10(17)11(12,13)14/h3-5,10,16-17H,2,6,15H2,1H3. The smallest absolute Gasteiger partial charge is 0.416 e. The van der Waals surface area contributed by atoms with Gasteiger partial charge in [-0.05, 0) is 13.0 Å². The molecule has 0 aliphatic rings. The molecule has 0 saturated heterocycles. The van der Waals surface area contributed by atoms with E-state index in [4.69, 9.17) is 15.6 Å². The molecule has 4 nitrogen and oxygen atoms in total. The summed E-state index contributed by atoms with van der Waals surface area (Å²) < 4.78 is 41.5. The summed E-state index contributed by atoms with van der Waals surface area (Å²) >= 11 is 0. The Kier molecular flexibility index (Phi) is 4.66. The van der Waals surface area contributed by atoms with Crippen molar-refractivity contribution in [1.82, 2.24) is 0 Å². The van der Waals surface area contributed by atoms with Crippen LogP contribution in [0.2, 0.25) is 0 Å². The minimum Gasteiger partial charge on any atom is -0.494 e. The molecular weight excluding hydrogens is 249 g/mol. The largest absolute Gasteiger partial charge is 0.494 e. The van der Waals surface area contributed by atoms with Crippen molar-refractivity contribution in [3.05, 3.63) is 18.2 Å². The topological polar surface area (TPSA) is 67.5 Å². The molecule has 0 amide bonds. The van der Waals surface area contributed by atoms with Crippen molar-refractivity contribution in [3.8, 4) is 5.75 Å². The lowest BCUT2D eigenvalue weighted by molar-refractivity contribution is -0.198. The first-order valence-electron chi connectivity index (χ1n) is 5.35. The molecule has 18 heavy (non-hydrogen) atoms. The van der Waals surface area contributed by atoms with Gasteiger partial charge in [0.15, 0.2) is 6.10 Å². The van der Waals surface area contributed by atoms with Crippen molar-refractivity contribution in [1.29, 1.82) is 0 Å². The van der Waals surface area contributed by atoms with Crippen LogP contribution in [0.5, 0.6) is 5.75 Å². The Hall–Kier alpha value is -1.63. The predicted octanol–water partition coefficient (Wildman–Crippen LogP) is 2.00. The first-order valence-corrected chi connectivity index (χ1v) is 5.35. The highest BCUT2D eigenvalue weighted by Gasteiger charge is 2.37. The van der Waals surface area contributed by atoms with Crippen LogP contribution in [-0.4, -0.2) is 30.5 Å². The first kappa shape index (κ1) is 14.4. The van der Waals surface area contributed by atoms with Crippen LogP contribution in [0.4, 0.5) is 24.5 Å². The number of hydrogen-bond acceptors (Lipinski definition) is 4. The van der Waals surface area contributed by atoms with E-state index in [1.165, 1.54) is 12.1 Å². The van der Waals surface area contributed by atoms with E-state index in [2.05, 4.69) is 5.32 Å². The Bertz CT molecular complexity index is 396. The lowest BCUT2D eigenvalue weighted by Gasteiger charge is -2.16. The third-order valence-electron chi connectivity index (χ3n) is 2.12. The van der Waals surface area contributed by atoms with E-state index >= 15 is 0 Å². The molecule has 0 heterocycles. The van der Waals surface area contributed by atoms with Crippen molar-refractivity contribution >= 4 is 11.4 Å². The number of anilines is 2. The van der Waals surface area contributed by atoms with Crippen LogP contribution in [-0.2, 0) is 0 Å². The summed E-state index contributed by atoms with van der Waals surface area (Å²) in [5, 5.41) is 11.3. The van der Waals surface area contributed by atoms with Gasteiger partial charge in [0, 0.05) is 30.1 Å². The number of halogens is 3. The average Bonchev–Trinajstić information content (AvgIpc) is 2.24. The SMILES string of the molecule is CCOc1cc(N)cc(NCC(O)C(F)(F)F)c1. The summed E-state index contributed by atoms with van der Waals surface area (Å²) in [5.74, 6) is 0.460. The summed E-state index contributed by atoms with van der Waals surface area (Å²) in [6.45, 7) is 1.57. The van der Waals surface area contributed by atoms with E-state index in [9.17, 15) is 13.2 Å². The van der Waals surface area contributed by atoms with Crippen LogP contribution in [0.1, 0.15) is 6.92 Å². The van der Waals surface area contributed by atoms with E-state index in [1.54, 1.807) is 13.0 Å². The minimum atomic E-state index is -4.64. The van der Waals surface area contributed by atoms with Crippen LogP contribution < -0.4 is 15.8 Å². The Morgan fingerprint density at radius 2 is 2.06 bits per heavy atom. The Balaban J connectivity index is 2.67. The summed E-state index contributed by atoms with van der Waals surface area (Å²) in [7, 11) is 0. The number of aliphatic hydroxyl groups excluding tert-OH is 1. The van der Waals surface area contributed by atoms with E-state index in [0.29, 0.717) is 23.7 Å². The fourth-order valence-electron chi connectivity index (χ4n) is 1.30. The molecule has 0 aliphatic carbocycles. The van der Waals surface area contributed by atoms with Gasteiger partial charge >= 0.3 is 6.18 Å². The molecule has 0 bridgehead atoms. The van der Waals surface area contributed by atoms with E-state index in [0.717, 1.165) is 0 Å². The molecule has 7 heteroatoms. The monoisotopic (exact) mass is 264 g/mol. The number of nitrogens with one attached hydrogen (secondary N) is 1. The highest BCUT2D eigenvalue weighted by molar-refractivity contribution is 5.59. The zero-order chi connectivity index (χ0) is 13.8. The number of hydrogen-bond donors (Lipinski definition) is 3. The lowest BCUT2D eigenvalue weighted by Crippen LogP contribution is -2.35. The molecule has 4 N–H and O–H groups in total. The molecular formula is C11H15F3N2O2. The fourth-order valence-corrected chi connectivity index (χ4v) is 1.30. The molecule has 0 radical (unpaired) electrons. The minimum absolute atomic E-state index is 0.363. The number of alkyl halides is 3. The number of rotatable bonds is 5. The summed E-state index contributed by atoms with van der Waals surface area (Å²) in [5.41, 5.74) is 6.31. The zero-order valence-corrected chi connectivity index (χ0v) is 9.79. The quantitative estimate of drug-likeness (QED) is 0.712. The molecule has 0 saturated carbocycles. The summed E-state index contributed by atoms with van der Waals surface area (Å²) in [6.07, 6.45) is -7.06. The van der Waals surface area contributed by atoms with E-state index in [1.807, 2.05) is 0 Å². The fraction of sp³-hybridized carbons (Fsp3) is 0.455. The van der Waals surface area contributed by atoms with Crippen LogP contribution >= 0.6 is 0 Å². The van der Waals surface area contributed by atoms with Crippen LogP contribution in [0.3, 0.4) is 0 Å². The number of aliphatic hydroxyl groups is 1. The molecule has 1 rings (SSSR count). The second-order valence-electron chi connectivity index (χ2n) is 3.66. The molecule has 1 unspecified atom stereocenters. The Morgan fingerprint density at radius 3 is 2.61 bits per heavy atom. The van der Waals surface area contributed by atoms with Gasteiger partial charge in [0.2, 0.25) is 0 Å². The van der Waals surface area contributed by atoms with Gasteiger partial charge in [-0.15, -0.1) is 0 Å². The summed E-state index contributed by atoms with van der Waals surface area (Å²) in [4.78, 5) is 0.